The smallest absolute Gasteiger partial charge is 0.341 e. The lowest BCUT2D eigenvalue weighted by Crippen LogP contribution is -2.36. The fourth-order valence-corrected chi connectivity index (χ4v) is 3.42. The number of hydrogen-bond acceptors (Lipinski definition) is 5. The second-order valence-electron chi connectivity index (χ2n) is 6.04. The van der Waals surface area contributed by atoms with Crippen molar-refractivity contribution in [2.75, 3.05) is 11.9 Å². The van der Waals surface area contributed by atoms with Crippen molar-refractivity contribution in [2.24, 2.45) is 5.92 Å². The zero-order valence-corrected chi connectivity index (χ0v) is 16.8. The van der Waals surface area contributed by atoms with Crippen LogP contribution in [0.5, 0.6) is 0 Å². The Bertz CT molecular complexity index is 811. The molecular formula is C19H22N2O3S2. The molecule has 0 saturated carbocycles. The van der Waals surface area contributed by atoms with Gasteiger partial charge in [-0.15, -0.1) is 11.3 Å². The van der Waals surface area contributed by atoms with Crippen molar-refractivity contribution in [3.63, 3.8) is 0 Å². The maximum Gasteiger partial charge on any atom is 0.341 e. The van der Waals surface area contributed by atoms with Crippen molar-refractivity contribution >= 4 is 45.5 Å². The number of aryl methyl sites for hydroxylation is 1. The van der Waals surface area contributed by atoms with Crippen LogP contribution in [0.1, 0.15) is 36.7 Å². The van der Waals surface area contributed by atoms with E-state index < -0.39 is 5.97 Å². The molecule has 0 radical (unpaired) electrons. The first kappa shape index (κ1) is 20.1. The highest BCUT2D eigenvalue weighted by molar-refractivity contribution is 7.80. The summed E-state index contributed by atoms with van der Waals surface area (Å²) in [6, 6.07) is 7.90. The van der Waals surface area contributed by atoms with Crippen molar-refractivity contribution in [3.8, 4) is 11.1 Å². The zero-order chi connectivity index (χ0) is 19.3. The maximum absolute atomic E-state index is 12.5. The highest BCUT2D eigenvalue weighted by atomic mass is 32.1. The van der Waals surface area contributed by atoms with E-state index in [0.717, 1.165) is 16.7 Å². The lowest BCUT2D eigenvalue weighted by molar-refractivity contribution is -0.122. The van der Waals surface area contributed by atoms with Crippen molar-refractivity contribution in [1.82, 2.24) is 5.32 Å². The summed E-state index contributed by atoms with van der Waals surface area (Å²) in [6.45, 7) is 7.60. The number of hydrogen-bond donors (Lipinski definition) is 2. The van der Waals surface area contributed by atoms with E-state index in [0.29, 0.717) is 10.6 Å². The average Bonchev–Trinajstić information content (AvgIpc) is 2.99. The second kappa shape index (κ2) is 8.91. The number of thiocarbonyl (C=S) groups is 1. The number of benzene rings is 1. The largest absolute Gasteiger partial charge is 0.462 e. The lowest BCUT2D eigenvalue weighted by atomic mass is 10.0. The van der Waals surface area contributed by atoms with Gasteiger partial charge in [-0.25, -0.2) is 4.79 Å². The SMILES string of the molecule is CCOC(=O)c1c(-c2ccc(C)cc2)csc1NC(=S)NC(=O)C(C)C. The number of rotatable bonds is 5. The van der Waals surface area contributed by atoms with Crippen molar-refractivity contribution < 1.29 is 14.3 Å². The van der Waals surface area contributed by atoms with Crippen LogP contribution in [0.15, 0.2) is 29.6 Å². The van der Waals surface area contributed by atoms with Crippen LogP contribution in [0.4, 0.5) is 5.00 Å². The Kier molecular flexibility index (Phi) is 6.88. The van der Waals surface area contributed by atoms with Gasteiger partial charge in [0, 0.05) is 16.9 Å². The molecule has 2 aromatic rings. The number of nitrogens with one attached hydrogen (secondary N) is 2. The minimum Gasteiger partial charge on any atom is -0.462 e. The summed E-state index contributed by atoms with van der Waals surface area (Å²) in [5.74, 6) is -0.800. The highest BCUT2D eigenvalue weighted by Gasteiger charge is 2.22. The standard InChI is InChI=1S/C19H22N2O3S2/c1-5-24-18(23)15-14(13-8-6-12(4)7-9-13)10-26-17(15)21-19(25)20-16(22)11(2)3/h6-11H,5H2,1-4H3,(H2,20,21,22,25). The quantitative estimate of drug-likeness (QED) is 0.586. The Hall–Kier alpha value is -2.25. The molecule has 7 heteroatoms. The van der Waals surface area contributed by atoms with Gasteiger partial charge in [-0.05, 0) is 31.6 Å². The van der Waals surface area contributed by atoms with Crippen molar-refractivity contribution in [1.29, 1.82) is 0 Å². The van der Waals surface area contributed by atoms with Crippen LogP contribution in [0, 0.1) is 12.8 Å². The van der Waals surface area contributed by atoms with Gasteiger partial charge in [-0.3, -0.25) is 4.79 Å². The number of amides is 1. The summed E-state index contributed by atoms with van der Waals surface area (Å²) < 4.78 is 5.21. The molecule has 1 aromatic carbocycles. The molecule has 0 atom stereocenters. The molecule has 26 heavy (non-hydrogen) atoms. The van der Waals surface area contributed by atoms with Crippen LogP contribution in [0.3, 0.4) is 0 Å². The first-order valence-corrected chi connectivity index (χ1v) is 9.59. The van der Waals surface area contributed by atoms with Crippen molar-refractivity contribution in [3.05, 3.63) is 40.8 Å². The van der Waals surface area contributed by atoms with Crippen LogP contribution in [0.25, 0.3) is 11.1 Å². The molecule has 138 valence electrons. The van der Waals surface area contributed by atoms with E-state index in [9.17, 15) is 9.59 Å². The van der Waals surface area contributed by atoms with E-state index in [1.165, 1.54) is 11.3 Å². The summed E-state index contributed by atoms with van der Waals surface area (Å²) in [5, 5.41) is 8.16. The predicted molar refractivity (Wildman–Crippen MR) is 110 cm³/mol. The van der Waals surface area contributed by atoms with E-state index in [4.69, 9.17) is 17.0 Å². The Morgan fingerprint density at radius 2 is 1.88 bits per heavy atom. The van der Waals surface area contributed by atoms with Gasteiger partial charge in [0.25, 0.3) is 0 Å². The summed E-state index contributed by atoms with van der Waals surface area (Å²) >= 11 is 6.54. The molecule has 0 fully saturated rings. The van der Waals surface area contributed by atoms with Gasteiger partial charge in [0.15, 0.2) is 5.11 Å². The summed E-state index contributed by atoms with van der Waals surface area (Å²) in [4.78, 5) is 24.3. The van der Waals surface area contributed by atoms with Crippen LogP contribution >= 0.6 is 23.6 Å². The minimum absolute atomic E-state index is 0.159. The zero-order valence-electron chi connectivity index (χ0n) is 15.2. The first-order valence-electron chi connectivity index (χ1n) is 8.31. The molecule has 0 unspecified atom stereocenters. The molecule has 0 aliphatic heterocycles. The van der Waals surface area contributed by atoms with Gasteiger partial charge in [0.05, 0.1) is 6.61 Å². The Morgan fingerprint density at radius 3 is 2.46 bits per heavy atom. The fraction of sp³-hybridized carbons (Fsp3) is 0.316. The average molecular weight is 391 g/mol. The van der Waals surface area contributed by atoms with Crippen LogP contribution < -0.4 is 10.6 Å². The molecule has 1 heterocycles. The third-order valence-corrected chi connectivity index (χ3v) is 4.72. The van der Waals surface area contributed by atoms with Gasteiger partial charge in [-0.2, -0.15) is 0 Å². The van der Waals surface area contributed by atoms with E-state index in [1.807, 2.05) is 36.6 Å². The number of carbonyl (C=O) groups is 2. The summed E-state index contributed by atoms with van der Waals surface area (Å²) in [5.41, 5.74) is 3.24. The molecular weight excluding hydrogens is 368 g/mol. The fourth-order valence-electron chi connectivity index (χ4n) is 2.19. The first-order chi connectivity index (χ1) is 12.3. The Balaban J connectivity index is 2.34. The van der Waals surface area contributed by atoms with Gasteiger partial charge in [0.1, 0.15) is 10.6 Å². The molecule has 5 nitrogen and oxygen atoms in total. The molecule has 0 aliphatic rings. The molecule has 0 aliphatic carbocycles. The van der Waals surface area contributed by atoms with Crippen LogP contribution in [0.2, 0.25) is 0 Å². The van der Waals surface area contributed by atoms with Crippen LogP contribution in [-0.4, -0.2) is 23.6 Å². The molecule has 0 bridgehead atoms. The third-order valence-electron chi connectivity index (χ3n) is 3.62. The van der Waals surface area contributed by atoms with Gasteiger partial charge >= 0.3 is 5.97 Å². The van der Waals surface area contributed by atoms with E-state index in [-0.39, 0.29) is 23.5 Å². The lowest BCUT2D eigenvalue weighted by Gasteiger charge is -2.12. The molecule has 1 amide bonds. The number of carbonyl (C=O) groups excluding carboxylic acids is 2. The third kappa shape index (κ3) is 4.89. The number of esters is 1. The highest BCUT2D eigenvalue weighted by Crippen LogP contribution is 2.36. The van der Waals surface area contributed by atoms with Crippen LogP contribution in [-0.2, 0) is 9.53 Å². The van der Waals surface area contributed by atoms with Gasteiger partial charge in [0.2, 0.25) is 5.91 Å². The molecule has 2 rings (SSSR count). The predicted octanol–water partition coefficient (Wildman–Crippen LogP) is 4.37. The second-order valence-corrected chi connectivity index (χ2v) is 7.33. The summed E-state index contributed by atoms with van der Waals surface area (Å²) in [6.07, 6.45) is 0. The number of anilines is 1. The topological polar surface area (TPSA) is 67.4 Å². The Morgan fingerprint density at radius 1 is 1.23 bits per heavy atom. The number of thiophene rings is 1. The normalized spacial score (nSPS) is 10.5. The monoisotopic (exact) mass is 390 g/mol. The van der Waals surface area contributed by atoms with Crippen molar-refractivity contribution in [2.45, 2.75) is 27.7 Å². The van der Waals surface area contributed by atoms with E-state index >= 15 is 0 Å². The summed E-state index contributed by atoms with van der Waals surface area (Å²) in [7, 11) is 0. The van der Waals surface area contributed by atoms with Gasteiger partial charge < -0.3 is 15.4 Å². The van der Waals surface area contributed by atoms with E-state index in [1.54, 1.807) is 20.8 Å². The minimum atomic E-state index is -0.426. The van der Waals surface area contributed by atoms with Gasteiger partial charge in [-0.1, -0.05) is 43.7 Å². The molecule has 2 N–H and O–H groups in total. The Labute approximate surface area is 162 Å². The molecule has 1 aromatic heterocycles. The van der Waals surface area contributed by atoms with E-state index in [2.05, 4.69) is 10.6 Å². The maximum atomic E-state index is 12.5. The molecule has 0 saturated heterocycles. The number of ether oxygens (including phenoxy) is 1. The molecule has 0 spiro atoms.